The normalized spacial score (nSPS) is 21.3. The summed E-state index contributed by atoms with van der Waals surface area (Å²) in [7, 11) is -0.0397. The molecule has 264 valence electrons. The van der Waals surface area contributed by atoms with Crippen LogP contribution in [0.15, 0.2) is 150 Å². The number of ether oxygens (including phenoxy) is 5. The number of esters is 1. The maximum Gasteiger partial charge on any atom is 0.338 e. The van der Waals surface area contributed by atoms with Crippen LogP contribution in [0, 0.1) is 11.8 Å². The zero-order chi connectivity index (χ0) is 35.4. The van der Waals surface area contributed by atoms with Crippen molar-refractivity contribution in [3.8, 4) is 5.75 Å². The third-order valence-corrected chi connectivity index (χ3v) is 10.8. The number of benzene rings is 5. The van der Waals surface area contributed by atoms with Crippen LogP contribution in [0.25, 0.3) is 0 Å². The molecule has 1 fully saturated rings. The highest BCUT2D eigenvalue weighted by molar-refractivity contribution is 7.85. The van der Waals surface area contributed by atoms with Crippen molar-refractivity contribution in [3.05, 3.63) is 168 Å². The molecule has 0 aliphatic carbocycles. The summed E-state index contributed by atoms with van der Waals surface area (Å²) in [5, 5.41) is 0. The zero-order valence-electron chi connectivity index (χ0n) is 28.9. The largest absolute Gasteiger partial charge is 0.497 e. The lowest BCUT2D eigenvalue weighted by molar-refractivity contribution is -0.233. The number of carbonyl (C=O) groups is 1. The molecule has 0 radical (unpaired) electrons. The van der Waals surface area contributed by atoms with Gasteiger partial charge in [-0.2, -0.15) is 0 Å². The first-order chi connectivity index (χ1) is 25.0. The van der Waals surface area contributed by atoms with Crippen molar-refractivity contribution in [1.29, 1.82) is 0 Å². The van der Waals surface area contributed by atoms with E-state index < -0.39 is 46.4 Å². The quantitative estimate of drug-likeness (QED) is 0.102. The second kappa shape index (κ2) is 18.1. The molecule has 0 spiro atoms. The third kappa shape index (κ3) is 9.60. The van der Waals surface area contributed by atoms with E-state index in [4.69, 9.17) is 23.7 Å². The molecule has 8 heteroatoms. The molecule has 3 unspecified atom stereocenters. The monoisotopic (exact) mass is 704 g/mol. The van der Waals surface area contributed by atoms with E-state index in [9.17, 15) is 9.00 Å². The van der Waals surface area contributed by atoms with Crippen LogP contribution >= 0.6 is 0 Å². The molecular weight excluding hydrogens is 661 g/mol. The Balaban J connectivity index is 1.40. The molecule has 0 aromatic heterocycles. The smallest absolute Gasteiger partial charge is 0.338 e. The Morgan fingerprint density at radius 1 is 0.647 bits per heavy atom. The minimum absolute atomic E-state index is 0.0561. The summed E-state index contributed by atoms with van der Waals surface area (Å²) >= 11 is 0. The summed E-state index contributed by atoms with van der Waals surface area (Å²) in [6.07, 6.45) is -2.11. The SMILES string of the molecule is COc1ccc(CO[C@@H]2C(C(=O)OCc3ccccc3)O[C@@H](S(=O)c3ccccc3)[C@H](C(C)Cc3ccccc3)[C@H]2OCc2ccccc2)cc1. The van der Waals surface area contributed by atoms with Crippen molar-refractivity contribution in [3.63, 3.8) is 0 Å². The number of carbonyl (C=O) groups excluding carboxylic acids is 1. The molecule has 0 bridgehead atoms. The average Bonchev–Trinajstić information content (AvgIpc) is 3.19. The van der Waals surface area contributed by atoms with Crippen LogP contribution in [-0.4, -0.2) is 41.0 Å². The van der Waals surface area contributed by atoms with Gasteiger partial charge in [0, 0.05) is 10.8 Å². The third-order valence-electron chi connectivity index (χ3n) is 9.18. The molecule has 6 rings (SSSR count). The molecule has 0 N–H and O–H groups in total. The van der Waals surface area contributed by atoms with E-state index in [2.05, 4.69) is 19.1 Å². The predicted octanol–water partition coefficient (Wildman–Crippen LogP) is 7.94. The predicted molar refractivity (Wildman–Crippen MR) is 197 cm³/mol. The lowest BCUT2D eigenvalue weighted by atomic mass is 9.79. The van der Waals surface area contributed by atoms with Crippen molar-refractivity contribution in [2.75, 3.05) is 7.11 Å². The van der Waals surface area contributed by atoms with Gasteiger partial charge < -0.3 is 23.7 Å². The Kier molecular flexibility index (Phi) is 12.8. The van der Waals surface area contributed by atoms with Crippen LogP contribution in [0.3, 0.4) is 0 Å². The van der Waals surface area contributed by atoms with Gasteiger partial charge >= 0.3 is 5.97 Å². The lowest BCUT2D eigenvalue weighted by Gasteiger charge is -2.47. The minimum atomic E-state index is -1.66. The highest BCUT2D eigenvalue weighted by Gasteiger charge is 2.54. The van der Waals surface area contributed by atoms with Gasteiger partial charge in [0.2, 0.25) is 0 Å². The van der Waals surface area contributed by atoms with Crippen LogP contribution in [-0.2, 0) is 60.8 Å². The molecular formula is C43H44O7S. The summed E-state index contributed by atoms with van der Waals surface area (Å²) in [5.41, 5.74) is 2.93. The number of hydrogen-bond acceptors (Lipinski definition) is 7. The molecule has 0 amide bonds. The summed E-state index contributed by atoms with van der Waals surface area (Å²) in [4.78, 5) is 14.8. The fraction of sp³-hybridized carbons (Fsp3) is 0.279. The second-order valence-corrected chi connectivity index (χ2v) is 14.3. The van der Waals surface area contributed by atoms with E-state index >= 15 is 0 Å². The number of rotatable bonds is 15. The van der Waals surface area contributed by atoms with Crippen molar-refractivity contribution in [2.45, 2.75) is 61.8 Å². The Morgan fingerprint density at radius 2 is 1.14 bits per heavy atom. The van der Waals surface area contributed by atoms with Gasteiger partial charge in [0.25, 0.3) is 0 Å². The fourth-order valence-electron chi connectivity index (χ4n) is 6.52. The van der Waals surface area contributed by atoms with E-state index in [1.54, 1.807) is 7.11 Å². The molecule has 5 aromatic carbocycles. The van der Waals surface area contributed by atoms with Crippen LogP contribution in [0.2, 0.25) is 0 Å². The molecule has 0 saturated carbocycles. The topological polar surface area (TPSA) is 80.3 Å². The van der Waals surface area contributed by atoms with Crippen molar-refractivity contribution in [2.24, 2.45) is 11.8 Å². The fourth-order valence-corrected chi connectivity index (χ4v) is 8.15. The first-order valence-electron chi connectivity index (χ1n) is 17.3. The van der Waals surface area contributed by atoms with Gasteiger partial charge in [-0.1, -0.05) is 128 Å². The molecule has 1 saturated heterocycles. The van der Waals surface area contributed by atoms with E-state index in [1.165, 1.54) is 0 Å². The van der Waals surface area contributed by atoms with Gasteiger partial charge in [0.05, 0.1) is 37.2 Å². The van der Waals surface area contributed by atoms with Crippen LogP contribution in [0.1, 0.15) is 29.2 Å². The number of methoxy groups -OCH3 is 1. The van der Waals surface area contributed by atoms with Crippen LogP contribution < -0.4 is 4.74 Å². The first-order valence-corrected chi connectivity index (χ1v) is 18.5. The van der Waals surface area contributed by atoms with E-state index in [-0.39, 0.29) is 25.7 Å². The van der Waals surface area contributed by atoms with Crippen molar-refractivity contribution in [1.82, 2.24) is 0 Å². The Morgan fingerprint density at radius 3 is 1.71 bits per heavy atom. The first kappa shape index (κ1) is 36.2. The summed E-state index contributed by atoms with van der Waals surface area (Å²) < 4.78 is 46.2. The highest BCUT2D eigenvalue weighted by Crippen LogP contribution is 2.40. The van der Waals surface area contributed by atoms with Gasteiger partial charge in [-0.25, -0.2) is 4.79 Å². The van der Waals surface area contributed by atoms with Gasteiger partial charge in [-0.15, -0.1) is 0 Å². The van der Waals surface area contributed by atoms with Gasteiger partial charge in [0.15, 0.2) is 6.10 Å². The average molecular weight is 705 g/mol. The van der Waals surface area contributed by atoms with Crippen LogP contribution in [0.5, 0.6) is 5.75 Å². The molecule has 51 heavy (non-hydrogen) atoms. The molecule has 5 aromatic rings. The standard InChI is InChI=1S/C43H44O7S/c1-31(27-32-15-7-3-8-16-32)38-39(47-28-33-17-9-4-10-18-33)40(48-29-35-23-25-36(46-2)26-24-35)41(42(44)49-30-34-19-11-5-12-20-34)50-43(38)51(45)37-21-13-6-14-22-37/h3-26,31,38-41,43H,27-30H2,1-2H3/t31?,38-,39-,40+,41?,43+,51?/m1/s1. The lowest BCUT2D eigenvalue weighted by Crippen LogP contribution is -2.61. The summed E-state index contributed by atoms with van der Waals surface area (Å²) in [5.74, 6) is -0.392. The van der Waals surface area contributed by atoms with E-state index in [0.717, 1.165) is 28.0 Å². The minimum Gasteiger partial charge on any atom is -0.497 e. The van der Waals surface area contributed by atoms with Gasteiger partial charge in [0.1, 0.15) is 23.9 Å². The van der Waals surface area contributed by atoms with E-state index in [1.807, 2.05) is 133 Å². The van der Waals surface area contributed by atoms with Crippen LogP contribution in [0.4, 0.5) is 0 Å². The zero-order valence-corrected chi connectivity index (χ0v) is 29.7. The Bertz CT molecular complexity index is 1800. The molecule has 7 atom stereocenters. The Hall–Kier alpha value is -4.60. The number of hydrogen-bond donors (Lipinski definition) is 0. The van der Waals surface area contributed by atoms with Gasteiger partial charge in [-0.3, -0.25) is 4.21 Å². The summed E-state index contributed by atoms with van der Waals surface area (Å²) in [6, 6.07) is 46.4. The molecule has 1 aliphatic heterocycles. The van der Waals surface area contributed by atoms with Crippen molar-refractivity contribution >= 4 is 16.8 Å². The molecule has 1 heterocycles. The molecule has 7 nitrogen and oxygen atoms in total. The Labute approximate surface area is 303 Å². The maximum absolute atomic E-state index is 14.6. The van der Waals surface area contributed by atoms with Gasteiger partial charge in [-0.05, 0) is 58.9 Å². The second-order valence-electron chi connectivity index (χ2n) is 12.8. The van der Waals surface area contributed by atoms with E-state index in [0.29, 0.717) is 11.3 Å². The van der Waals surface area contributed by atoms with Crippen molar-refractivity contribution < 1.29 is 32.7 Å². The molecule has 1 aliphatic rings. The summed E-state index contributed by atoms with van der Waals surface area (Å²) in [6.45, 7) is 2.63. The maximum atomic E-state index is 14.6. The highest BCUT2D eigenvalue weighted by atomic mass is 32.2.